The Hall–Kier alpha value is -2.78. The largest absolute Gasteiger partial charge is 0.441 e. The number of anilines is 3. The SMILES string of the molecule is Cc1cnc(-c2cnc(Nc3ccc4c(c3)C(O)CCS4=O)nc2N)o1. The van der Waals surface area contributed by atoms with Gasteiger partial charge in [-0.1, -0.05) is 0 Å². The van der Waals surface area contributed by atoms with Gasteiger partial charge in [-0.3, -0.25) is 4.21 Å². The molecule has 0 radical (unpaired) electrons. The number of nitrogens with two attached hydrogens (primary N) is 1. The maximum atomic E-state index is 12.0. The number of hydrogen-bond acceptors (Lipinski definition) is 8. The first kappa shape index (κ1) is 16.7. The Labute approximate surface area is 152 Å². The standard InChI is InChI=1S/C17H17N5O3S/c1-9-7-19-16(25-9)12-8-20-17(22-15(12)18)21-10-2-3-14-11(6-10)13(23)4-5-26(14)24/h2-3,6-8,13,23H,4-5H2,1H3,(H3,18,20,21,22). The van der Waals surface area contributed by atoms with E-state index in [1.54, 1.807) is 31.3 Å². The summed E-state index contributed by atoms with van der Waals surface area (Å²) in [5, 5.41) is 13.2. The maximum absolute atomic E-state index is 12.0. The van der Waals surface area contributed by atoms with Gasteiger partial charge in [0.05, 0.1) is 28.7 Å². The lowest BCUT2D eigenvalue weighted by molar-refractivity contribution is 0.169. The number of benzene rings is 1. The number of aryl methyl sites for hydroxylation is 1. The maximum Gasteiger partial charge on any atom is 0.231 e. The van der Waals surface area contributed by atoms with Gasteiger partial charge in [-0.25, -0.2) is 9.97 Å². The van der Waals surface area contributed by atoms with Crippen molar-refractivity contribution in [2.24, 2.45) is 0 Å². The molecule has 8 nitrogen and oxygen atoms in total. The van der Waals surface area contributed by atoms with Crippen LogP contribution in [0.2, 0.25) is 0 Å². The highest BCUT2D eigenvalue weighted by atomic mass is 32.2. The van der Waals surface area contributed by atoms with Crippen LogP contribution in [0.4, 0.5) is 17.5 Å². The van der Waals surface area contributed by atoms with Gasteiger partial charge in [-0.2, -0.15) is 4.98 Å². The van der Waals surface area contributed by atoms with Crippen molar-refractivity contribution in [2.75, 3.05) is 16.8 Å². The molecule has 4 N–H and O–H groups in total. The first-order chi connectivity index (χ1) is 12.5. The number of aromatic nitrogens is 3. The molecule has 9 heteroatoms. The van der Waals surface area contributed by atoms with Gasteiger partial charge in [0.25, 0.3) is 0 Å². The second-order valence-electron chi connectivity index (χ2n) is 6.00. The normalized spacial score (nSPS) is 19.2. The molecule has 0 aliphatic carbocycles. The van der Waals surface area contributed by atoms with E-state index >= 15 is 0 Å². The zero-order valence-corrected chi connectivity index (χ0v) is 14.8. The number of nitrogens with one attached hydrogen (secondary N) is 1. The van der Waals surface area contributed by atoms with E-state index in [2.05, 4.69) is 20.3 Å². The Balaban J connectivity index is 1.61. The quantitative estimate of drug-likeness (QED) is 0.640. The van der Waals surface area contributed by atoms with Crippen LogP contribution in [0.5, 0.6) is 0 Å². The predicted molar refractivity (Wildman–Crippen MR) is 97.3 cm³/mol. The van der Waals surface area contributed by atoms with Crippen molar-refractivity contribution < 1.29 is 13.7 Å². The molecule has 26 heavy (non-hydrogen) atoms. The number of nitrogen functional groups attached to an aromatic ring is 1. The second kappa shape index (κ2) is 6.50. The number of fused-ring (bicyclic) bond motifs is 1. The number of aliphatic hydroxyl groups is 1. The van der Waals surface area contributed by atoms with E-state index in [4.69, 9.17) is 10.2 Å². The molecule has 1 aliphatic rings. The molecule has 0 saturated heterocycles. The minimum absolute atomic E-state index is 0.239. The third kappa shape index (κ3) is 3.06. The van der Waals surface area contributed by atoms with E-state index < -0.39 is 16.9 Å². The third-order valence-corrected chi connectivity index (χ3v) is 5.59. The summed E-state index contributed by atoms with van der Waals surface area (Å²) in [6.45, 7) is 1.79. The van der Waals surface area contributed by atoms with E-state index in [1.165, 1.54) is 6.20 Å². The van der Waals surface area contributed by atoms with Gasteiger partial charge < -0.3 is 20.6 Å². The molecule has 4 rings (SSSR count). The summed E-state index contributed by atoms with van der Waals surface area (Å²) in [6, 6.07) is 5.30. The second-order valence-corrected chi connectivity index (χ2v) is 7.54. The predicted octanol–water partition coefficient (Wildman–Crippen LogP) is 2.31. The van der Waals surface area contributed by atoms with Crippen LogP contribution in [-0.4, -0.2) is 30.0 Å². The number of nitrogens with zero attached hydrogens (tertiary/aromatic N) is 3. The van der Waals surface area contributed by atoms with Crippen molar-refractivity contribution in [1.29, 1.82) is 0 Å². The molecule has 2 unspecified atom stereocenters. The summed E-state index contributed by atoms with van der Waals surface area (Å²) in [7, 11) is -1.07. The highest BCUT2D eigenvalue weighted by Crippen LogP contribution is 2.33. The molecule has 2 aromatic heterocycles. The summed E-state index contributed by atoms with van der Waals surface area (Å²) in [6.07, 6.45) is 3.00. The molecule has 0 amide bonds. The Bertz CT molecular complexity index is 1000. The van der Waals surface area contributed by atoms with Gasteiger partial charge in [0.15, 0.2) is 0 Å². The van der Waals surface area contributed by atoms with E-state index in [0.29, 0.717) is 51.5 Å². The van der Waals surface area contributed by atoms with E-state index in [-0.39, 0.29) is 5.82 Å². The van der Waals surface area contributed by atoms with Crippen molar-refractivity contribution in [2.45, 2.75) is 24.3 Å². The Morgan fingerprint density at radius 1 is 1.35 bits per heavy atom. The van der Waals surface area contributed by atoms with Crippen LogP contribution in [0.15, 0.2) is 39.9 Å². The minimum Gasteiger partial charge on any atom is -0.441 e. The molecule has 3 heterocycles. The summed E-state index contributed by atoms with van der Waals surface area (Å²) in [4.78, 5) is 13.3. The monoisotopic (exact) mass is 371 g/mol. The number of oxazole rings is 1. The fourth-order valence-corrected chi connectivity index (χ4v) is 4.14. The van der Waals surface area contributed by atoms with Gasteiger partial charge in [-0.05, 0) is 37.1 Å². The van der Waals surface area contributed by atoms with Crippen LogP contribution in [0.25, 0.3) is 11.5 Å². The summed E-state index contributed by atoms with van der Waals surface area (Å²) >= 11 is 0. The zero-order valence-electron chi connectivity index (χ0n) is 14.0. The molecule has 1 aliphatic heterocycles. The van der Waals surface area contributed by atoms with Crippen LogP contribution in [-0.2, 0) is 10.8 Å². The highest BCUT2D eigenvalue weighted by molar-refractivity contribution is 7.85. The molecular weight excluding hydrogens is 354 g/mol. The lowest BCUT2D eigenvalue weighted by Gasteiger charge is -2.21. The van der Waals surface area contributed by atoms with E-state index in [0.717, 1.165) is 0 Å². The molecule has 0 bridgehead atoms. The lowest BCUT2D eigenvalue weighted by atomic mass is 10.1. The van der Waals surface area contributed by atoms with Crippen molar-refractivity contribution in [3.8, 4) is 11.5 Å². The van der Waals surface area contributed by atoms with Crippen molar-refractivity contribution in [1.82, 2.24) is 15.0 Å². The van der Waals surface area contributed by atoms with Crippen molar-refractivity contribution in [3.63, 3.8) is 0 Å². The smallest absolute Gasteiger partial charge is 0.231 e. The molecular formula is C17H17N5O3S. The minimum atomic E-state index is -1.07. The van der Waals surface area contributed by atoms with Crippen LogP contribution < -0.4 is 11.1 Å². The fraction of sp³-hybridized carbons (Fsp3) is 0.235. The van der Waals surface area contributed by atoms with Crippen molar-refractivity contribution >= 4 is 28.3 Å². The number of hydrogen-bond donors (Lipinski definition) is 3. The molecule has 2 atom stereocenters. The van der Waals surface area contributed by atoms with Gasteiger partial charge in [0, 0.05) is 22.5 Å². The molecule has 3 aromatic rings. The highest BCUT2D eigenvalue weighted by Gasteiger charge is 2.23. The Morgan fingerprint density at radius 2 is 2.19 bits per heavy atom. The summed E-state index contributed by atoms with van der Waals surface area (Å²) < 4.78 is 17.5. The lowest BCUT2D eigenvalue weighted by Crippen LogP contribution is -2.15. The first-order valence-electron chi connectivity index (χ1n) is 8.04. The van der Waals surface area contributed by atoms with Crippen LogP contribution >= 0.6 is 0 Å². The van der Waals surface area contributed by atoms with Gasteiger partial charge in [0.1, 0.15) is 11.6 Å². The van der Waals surface area contributed by atoms with E-state index in [1.807, 2.05) is 0 Å². The van der Waals surface area contributed by atoms with Gasteiger partial charge >= 0.3 is 0 Å². The zero-order chi connectivity index (χ0) is 18.3. The molecule has 1 aromatic carbocycles. The van der Waals surface area contributed by atoms with Gasteiger partial charge in [0.2, 0.25) is 11.8 Å². The molecule has 0 saturated carbocycles. The Morgan fingerprint density at radius 3 is 2.92 bits per heavy atom. The molecule has 0 spiro atoms. The number of aliphatic hydroxyl groups excluding tert-OH is 1. The van der Waals surface area contributed by atoms with Crippen LogP contribution in [0.3, 0.4) is 0 Å². The average molecular weight is 371 g/mol. The Kier molecular flexibility index (Phi) is 4.17. The number of rotatable bonds is 3. The van der Waals surface area contributed by atoms with Crippen LogP contribution in [0.1, 0.15) is 23.8 Å². The average Bonchev–Trinajstić information content (AvgIpc) is 3.04. The summed E-state index contributed by atoms with van der Waals surface area (Å²) in [5.41, 5.74) is 7.86. The summed E-state index contributed by atoms with van der Waals surface area (Å²) in [5.74, 6) is 2.06. The van der Waals surface area contributed by atoms with E-state index in [9.17, 15) is 9.32 Å². The topological polar surface area (TPSA) is 127 Å². The first-order valence-corrected chi connectivity index (χ1v) is 9.36. The third-order valence-electron chi connectivity index (χ3n) is 4.12. The molecule has 134 valence electrons. The fourth-order valence-electron chi connectivity index (χ4n) is 2.81. The van der Waals surface area contributed by atoms with Crippen molar-refractivity contribution in [3.05, 3.63) is 41.9 Å². The molecule has 0 fully saturated rings. The van der Waals surface area contributed by atoms with Gasteiger partial charge in [-0.15, -0.1) is 0 Å². The van der Waals surface area contributed by atoms with Crippen LogP contribution in [0, 0.1) is 6.92 Å².